The first kappa shape index (κ1) is 15.0. The minimum atomic E-state index is -0.688. The van der Waals surface area contributed by atoms with Crippen LogP contribution in [0.15, 0.2) is 24.3 Å². The molecule has 2 amide bonds. The van der Waals surface area contributed by atoms with Crippen molar-refractivity contribution in [2.24, 2.45) is 0 Å². The SMILES string of the molecule is COc1cccc(NC(=O)C(=O)NCCN(C)C)c1. The average Bonchev–Trinajstić information content (AvgIpc) is 2.38. The van der Waals surface area contributed by atoms with Gasteiger partial charge in [-0.2, -0.15) is 0 Å². The van der Waals surface area contributed by atoms with E-state index in [4.69, 9.17) is 4.74 Å². The van der Waals surface area contributed by atoms with Crippen molar-refractivity contribution in [1.82, 2.24) is 10.2 Å². The molecule has 0 saturated carbocycles. The Morgan fingerprint density at radius 3 is 2.63 bits per heavy atom. The van der Waals surface area contributed by atoms with Crippen molar-refractivity contribution in [3.8, 4) is 5.75 Å². The molecule has 0 aliphatic carbocycles. The van der Waals surface area contributed by atoms with Gasteiger partial charge < -0.3 is 20.3 Å². The maximum Gasteiger partial charge on any atom is 0.313 e. The average molecular weight is 265 g/mol. The monoisotopic (exact) mass is 265 g/mol. The predicted octanol–water partition coefficient (Wildman–Crippen LogP) is 0.311. The molecule has 0 atom stereocenters. The molecule has 0 spiro atoms. The van der Waals surface area contributed by atoms with E-state index in [1.54, 1.807) is 24.3 Å². The molecule has 6 heteroatoms. The second-order valence-electron chi connectivity index (χ2n) is 4.25. The van der Waals surface area contributed by atoms with Crippen LogP contribution in [0.4, 0.5) is 5.69 Å². The Morgan fingerprint density at radius 2 is 2.00 bits per heavy atom. The number of anilines is 1. The van der Waals surface area contributed by atoms with Gasteiger partial charge in [0.1, 0.15) is 5.75 Å². The Labute approximate surface area is 112 Å². The summed E-state index contributed by atoms with van der Waals surface area (Å²) in [6.07, 6.45) is 0. The Bertz CT molecular complexity index is 447. The summed E-state index contributed by atoms with van der Waals surface area (Å²) < 4.78 is 5.03. The number of nitrogens with one attached hydrogen (secondary N) is 2. The number of ether oxygens (including phenoxy) is 1. The Kier molecular flexibility index (Phi) is 5.81. The van der Waals surface area contributed by atoms with Crippen LogP contribution < -0.4 is 15.4 Å². The van der Waals surface area contributed by atoms with Crippen LogP contribution in [0.25, 0.3) is 0 Å². The van der Waals surface area contributed by atoms with Crippen LogP contribution in [0, 0.1) is 0 Å². The summed E-state index contributed by atoms with van der Waals surface area (Å²) in [7, 11) is 5.32. The van der Waals surface area contributed by atoms with Gasteiger partial charge in [0.2, 0.25) is 0 Å². The molecule has 6 nitrogen and oxygen atoms in total. The maximum absolute atomic E-state index is 11.6. The second-order valence-corrected chi connectivity index (χ2v) is 4.25. The van der Waals surface area contributed by atoms with E-state index in [0.717, 1.165) is 0 Å². The number of hydrogen-bond acceptors (Lipinski definition) is 4. The number of amides is 2. The minimum absolute atomic E-state index is 0.428. The molecule has 0 fully saturated rings. The summed E-state index contributed by atoms with van der Waals surface area (Å²) in [6.45, 7) is 1.11. The van der Waals surface area contributed by atoms with Crippen molar-refractivity contribution in [3.05, 3.63) is 24.3 Å². The molecule has 0 bridgehead atoms. The molecule has 1 rings (SSSR count). The quantitative estimate of drug-likeness (QED) is 0.752. The fourth-order valence-electron chi connectivity index (χ4n) is 1.36. The van der Waals surface area contributed by atoms with Crippen LogP contribution >= 0.6 is 0 Å². The van der Waals surface area contributed by atoms with Crippen LogP contribution in [-0.4, -0.2) is 51.0 Å². The van der Waals surface area contributed by atoms with Gasteiger partial charge in [-0.25, -0.2) is 0 Å². The third-order valence-corrected chi connectivity index (χ3v) is 2.38. The molecule has 104 valence electrons. The Balaban J connectivity index is 2.47. The Hall–Kier alpha value is -2.08. The van der Waals surface area contributed by atoms with E-state index in [9.17, 15) is 9.59 Å². The van der Waals surface area contributed by atoms with Gasteiger partial charge >= 0.3 is 11.8 Å². The topological polar surface area (TPSA) is 70.7 Å². The van der Waals surface area contributed by atoms with Crippen molar-refractivity contribution in [2.75, 3.05) is 39.6 Å². The van der Waals surface area contributed by atoms with Crippen LogP contribution in [-0.2, 0) is 9.59 Å². The number of likely N-dealkylation sites (N-methyl/N-ethyl adjacent to an activating group) is 1. The zero-order valence-electron chi connectivity index (χ0n) is 11.4. The fraction of sp³-hybridized carbons (Fsp3) is 0.385. The molecule has 0 saturated heterocycles. The fourth-order valence-corrected chi connectivity index (χ4v) is 1.36. The number of rotatable bonds is 5. The van der Waals surface area contributed by atoms with E-state index in [0.29, 0.717) is 24.5 Å². The summed E-state index contributed by atoms with van der Waals surface area (Å²) in [6, 6.07) is 6.82. The first-order valence-corrected chi connectivity index (χ1v) is 5.91. The number of carbonyl (C=O) groups is 2. The van der Waals surface area contributed by atoms with Crippen LogP contribution in [0.5, 0.6) is 5.75 Å². The van der Waals surface area contributed by atoms with E-state index in [1.165, 1.54) is 7.11 Å². The zero-order chi connectivity index (χ0) is 14.3. The maximum atomic E-state index is 11.6. The van der Waals surface area contributed by atoms with Gasteiger partial charge in [0.05, 0.1) is 7.11 Å². The lowest BCUT2D eigenvalue weighted by atomic mass is 10.3. The lowest BCUT2D eigenvalue weighted by Crippen LogP contribution is -2.38. The van der Waals surface area contributed by atoms with E-state index in [2.05, 4.69) is 10.6 Å². The van der Waals surface area contributed by atoms with Crippen molar-refractivity contribution in [3.63, 3.8) is 0 Å². The molecule has 0 aromatic heterocycles. The zero-order valence-corrected chi connectivity index (χ0v) is 11.4. The largest absolute Gasteiger partial charge is 0.497 e. The lowest BCUT2D eigenvalue weighted by molar-refractivity contribution is -0.136. The number of hydrogen-bond donors (Lipinski definition) is 2. The minimum Gasteiger partial charge on any atom is -0.497 e. The number of benzene rings is 1. The summed E-state index contributed by atoms with van der Waals surface area (Å²) in [4.78, 5) is 25.0. The summed E-state index contributed by atoms with van der Waals surface area (Å²) in [5.41, 5.74) is 0.520. The number of carbonyl (C=O) groups excluding carboxylic acids is 2. The van der Waals surface area contributed by atoms with Gasteiger partial charge in [0.15, 0.2) is 0 Å². The molecule has 2 N–H and O–H groups in total. The molecule has 1 aromatic rings. The van der Waals surface area contributed by atoms with Gasteiger partial charge in [-0.15, -0.1) is 0 Å². The number of nitrogens with zero attached hydrogens (tertiary/aromatic N) is 1. The molecule has 0 heterocycles. The van der Waals surface area contributed by atoms with Crippen molar-refractivity contribution < 1.29 is 14.3 Å². The standard InChI is InChI=1S/C13H19N3O3/c1-16(2)8-7-14-12(17)13(18)15-10-5-4-6-11(9-10)19-3/h4-6,9H,7-8H2,1-3H3,(H,14,17)(H,15,18). The third kappa shape index (κ3) is 5.39. The van der Waals surface area contributed by atoms with Crippen LogP contribution in [0.1, 0.15) is 0 Å². The first-order chi connectivity index (χ1) is 9.02. The van der Waals surface area contributed by atoms with E-state index < -0.39 is 11.8 Å². The van der Waals surface area contributed by atoms with E-state index in [-0.39, 0.29) is 0 Å². The molecular formula is C13H19N3O3. The third-order valence-electron chi connectivity index (χ3n) is 2.38. The van der Waals surface area contributed by atoms with E-state index in [1.807, 2.05) is 19.0 Å². The smallest absolute Gasteiger partial charge is 0.313 e. The van der Waals surface area contributed by atoms with Crippen molar-refractivity contribution in [2.45, 2.75) is 0 Å². The predicted molar refractivity (Wildman–Crippen MR) is 73.2 cm³/mol. The van der Waals surface area contributed by atoms with Gasteiger partial charge in [-0.1, -0.05) is 6.07 Å². The highest BCUT2D eigenvalue weighted by molar-refractivity contribution is 6.39. The highest BCUT2D eigenvalue weighted by Gasteiger charge is 2.13. The highest BCUT2D eigenvalue weighted by Crippen LogP contribution is 2.16. The van der Waals surface area contributed by atoms with Crippen LogP contribution in [0.3, 0.4) is 0 Å². The molecule has 0 radical (unpaired) electrons. The van der Waals surface area contributed by atoms with Crippen molar-refractivity contribution >= 4 is 17.5 Å². The normalized spacial score (nSPS) is 10.1. The molecule has 0 aliphatic heterocycles. The molecule has 1 aromatic carbocycles. The summed E-state index contributed by atoms with van der Waals surface area (Å²) >= 11 is 0. The molecule has 0 unspecified atom stereocenters. The molecule has 0 aliphatic rings. The van der Waals surface area contributed by atoms with Crippen LogP contribution in [0.2, 0.25) is 0 Å². The van der Waals surface area contributed by atoms with Gasteiger partial charge in [0.25, 0.3) is 0 Å². The van der Waals surface area contributed by atoms with E-state index >= 15 is 0 Å². The summed E-state index contributed by atoms with van der Waals surface area (Å²) in [5, 5.41) is 5.05. The number of methoxy groups -OCH3 is 1. The second kappa shape index (κ2) is 7.38. The first-order valence-electron chi connectivity index (χ1n) is 5.91. The summed E-state index contributed by atoms with van der Waals surface area (Å²) in [5.74, 6) is -0.720. The molecular weight excluding hydrogens is 246 g/mol. The lowest BCUT2D eigenvalue weighted by Gasteiger charge is -2.10. The van der Waals surface area contributed by atoms with Gasteiger partial charge in [0, 0.05) is 24.8 Å². The molecule has 19 heavy (non-hydrogen) atoms. The van der Waals surface area contributed by atoms with Gasteiger partial charge in [-0.05, 0) is 26.2 Å². The highest BCUT2D eigenvalue weighted by atomic mass is 16.5. The van der Waals surface area contributed by atoms with Gasteiger partial charge in [-0.3, -0.25) is 9.59 Å². The Morgan fingerprint density at radius 1 is 1.26 bits per heavy atom. The van der Waals surface area contributed by atoms with Crippen molar-refractivity contribution in [1.29, 1.82) is 0 Å².